The van der Waals surface area contributed by atoms with Crippen LogP contribution >= 0.6 is 0 Å². The molecule has 2 aliphatic heterocycles. The van der Waals surface area contributed by atoms with Gasteiger partial charge in [0.2, 0.25) is 0 Å². The number of carboxylic acids is 1. The molecule has 2 aromatic rings. The van der Waals surface area contributed by atoms with E-state index in [1.807, 2.05) is 0 Å². The molecule has 1 aliphatic carbocycles. The zero-order valence-electron chi connectivity index (χ0n) is 21.1. The van der Waals surface area contributed by atoms with Crippen molar-refractivity contribution in [1.29, 1.82) is 5.41 Å². The van der Waals surface area contributed by atoms with Crippen LogP contribution in [0.5, 0.6) is 0 Å². The topological polar surface area (TPSA) is 278 Å². The molecule has 4 N–H and O–H groups in total. The first-order chi connectivity index (χ1) is 20.0. The predicted molar refractivity (Wildman–Crippen MR) is 138 cm³/mol. The van der Waals surface area contributed by atoms with Crippen LogP contribution in [0.15, 0.2) is 56.7 Å². The van der Waals surface area contributed by atoms with Crippen LogP contribution in [0, 0.1) is 5.41 Å². The van der Waals surface area contributed by atoms with Crippen LogP contribution < -0.4 is 11.1 Å². The first-order valence-electron chi connectivity index (χ1n) is 11.8. The lowest BCUT2D eigenvalue weighted by molar-refractivity contribution is -0.172. The van der Waals surface area contributed by atoms with Crippen molar-refractivity contribution in [1.82, 2.24) is 5.06 Å². The number of fused-ring (bicyclic) bond motifs is 2. The van der Waals surface area contributed by atoms with E-state index in [-0.39, 0.29) is 34.4 Å². The van der Waals surface area contributed by atoms with Crippen molar-refractivity contribution in [3.63, 3.8) is 0 Å². The maximum absolute atomic E-state index is 13.1. The fourth-order valence-electron chi connectivity index (χ4n) is 4.73. The number of carboxylic acid groups (broad SMARTS) is 1. The lowest BCUT2D eigenvalue weighted by Crippen LogP contribution is -2.32. The van der Waals surface area contributed by atoms with Gasteiger partial charge in [-0.1, -0.05) is 12.1 Å². The third-order valence-corrected chi connectivity index (χ3v) is 8.27. The van der Waals surface area contributed by atoms with Gasteiger partial charge in [0.15, 0.2) is 11.3 Å². The number of benzene rings is 3. The van der Waals surface area contributed by atoms with E-state index in [9.17, 15) is 50.2 Å². The van der Waals surface area contributed by atoms with Crippen molar-refractivity contribution in [2.75, 3.05) is 5.73 Å². The van der Waals surface area contributed by atoms with Gasteiger partial charge in [0.25, 0.3) is 11.8 Å². The van der Waals surface area contributed by atoms with Crippen molar-refractivity contribution < 1.29 is 59.5 Å². The summed E-state index contributed by atoms with van der Waals surface area (Å²) >= 11 is 0. The molecule has 0 spiro atoms. The second-order valence-electron chi connectivity index (χ2n) is 9.06. The molecule has 1 saturated heterocycles. The standard InChI is InChI=1S/C25H17N3O13S2/c26-14-6-4-11-18(10-2-1-3-13(19(10)24(31)32)25(33)41-28-16(29)8-9-17(28)30)12-5-7-15(27)23(43(37,38)39)21(12)40-20(11)22(14)42(34,35)36/h1-7,26H,8-9,27H2,(H,31,32)(H,34,35,36)(H,37,38,39)/p-2. The summed E-state index contributed by atoms with van der Waals surface area (Å²) in [6, 6.07) is 7.32. The number of rotatable bonds is 6. The van der Waals surface area contributed by atoms with Gasteiger partial charge in [-0.05, 0) is 35.9 Å². The third-order valence-electron chi connectivity index (χ3n) is 6.45. The Morgan fingerprint density at radius 2 is 1.56 bits per heavy atom. The molecule has 0 atom stereocenters. The quantitative estimate of drug-likeness (QED) is 0.116. The molecule has 1 fully saturated rings. The Bertz CT molecular complexity index is 2170. The number of imide groups is 1. The van der Waals surface area contributed by atoms with Crippen LogP contribution in [0.1, 0.15) is 33.6 Å². The first kappa shape index (κ1) is 29.3. The Labute approximate surface area is 240 Å². The van der Waals surface area contributed by atoms with Crippen LogP contribution in [-0.2, 0) is 34.7 Å². The number of anilines is 1. The molecule has 2 amide bonds. The molecule has 3 aliphatic rings. The maximum atomic E-state index is 13.1. The molecular formula is C25H15N3O13S2-2. The minimum atomic E-state index is -5.51. The van der Waals surface area contributed by atoms with Crippen LogP contribution in [0.2, 0.25) is 0 Å². The van der Waals surface area contributed by atoms with Gasteiger partial charge in [-0.15, -0.1) is 5.06 Å². The summed E-state index contributed by atoms with van der Waals surface area (Å²) in [5, 5.41) is 17.2. The molecule has 5 rings (SSSR count). The van der Waals surface area contributed by atoms with Crippen molar-refractivity contribution >= 4 is 60.6 Å². The summed E-state index contributed by atoms with van der Waals surface area (Å²) in [4.78, 5) is 52.0. The zero-order chi connectivity index (χ0) is 31.6. The van der Waals surface area contributed by atoms with Crippen LogP contribution in [0.4, 0.5) is 5.69 Å². The summed E-state index contributed by atoms with van der Waals surface area (Å²) in [6.45, 7) is 0. The number of carbonyl (C=O) groups excluding carboxylic acids is 3. The molecule has 0 aromatic heterocycles. The Morgan fingerprint density at radius 3 is 2.14 bits per heavy atom. The van der Waals surface area contributed by atoms with Crippen molar-refractivity contribution in [3.05, 3.63) is 58.9 Å². The fraction of sp³-hybridized carbons (Fsp3) is 0.0800. The number of nitrogen functional groups attached to an aromatic ring is 1. The first-order valence-corrected chi connectivity index (χ1v) is 14.6. The van der Waals surface area contributed by atoms with E-state index in [0.29, 0.717) is 0 Å². The van der Waals surface area contributed by atoms with Gasteiger partial charge in [-0.25, -0.2) is 26.4 Å². The number of carbonyl (C=O) groups is 4. The summed E-state index contributed by atoms with van der Waals surface area (Å²) in [5.74, 6) is -5.83. The number of nitrogens with one attached hydrogen (secondary N) is 1. The minimum Gasteiger partial charge on any atom is -0.744 e. The highest BCUT2D eigenvalue weighted by Crippen LogP contribution is 2.46. The number of hydroxylamine groups is 2. The average molecular weight is 630 g/mol. The molecule has 0 unspecified atom stereocenters. The fourth-order valence-corrected chi connectivity index (χ4v) is 6.18. The SMILES string of the molecule is N=c1ccc2c(-c3cccc(C(=O)ON4C(=O)CCC4=O)c3C(=O)O)c3ccc(N)c(S(=O)(=O)[O-])c3oc-2c1S(=O)(=O)[O-]. The lowest BCUT2D eigenvalue weighted by atomic mass is 9.88. The maximum Gasteiger partial charge on any atom is 0.364 e. The van der Waals surface area contributed by atoms with E-state index in [4.69, 9.17) is 20.4 Å². The third kappa shape index (κ3) is 4.87. The number of nitrogens with zero attached hydrogens (tertiary/aromatic N) is 1. The Morgan fingerprint density at radius 1 is 0.930 bits per heavy atom. The van der Waals surface area contributed by atoms with Crippen LogP contribution in [-0.4, -0.2) is 59.9 Å². The highest BCUT2D eigenvalue weighted by atomic mass is 32.2. The Balaban J connectivity index is 1.93. The number of hydrogen-bond acceptors (Lipinski definition) is 14. The van der Waals surface area contributed by atoms with E-state index in [0.717, 1.165) is 42.5 Å². The van der Waals surface area contributed by atoms with E-state index >= 15 is 0 Å². The average Bonchev–Trinajstić information content (AvgIpc) is 3.21. The second kappa shape index (κ2) is 9.98. The Hall–Kier alpha value is -5.17. The minimum absolute atomic E-state index is 0.183. The van der Waals surface area contributed by atoms with Crippen molar-refractivity contribution in [2.45, 2.75) is 22.6 Å². The van der Waals surface area contributed by atoms with Gasteiger partial charge in [0, 0.05) is 29.4 Å². The molecule has 222 valence electrons. The molecule has 18 heteroatoms. The summed E-state index contributed by atoms with van der Waals surface area (Å²) in [6.07, 6.45) is -0.499. The van der Waals surface area contributed by atoms with E-state index < -0.39 is 92.9 Å². The number of aromatic carboxylic acids is 1. The molecule has 16 nitrogen and oxygen atoms in total. The van der Waals surface area contributed by atoms with Gasteiger partial charge < -0.3 is 29.2 Å². The number of hydrogen-bond donors (Lipinski definition) is 3. The molecule has 2 heterocycles. The number of nitrogens with two attached hydrogens (primary N) is 1. The molecule has 0 radical (unpaired) electrons. The normalized spacial score (nSPS) is 14.0. The second-order valence-corrected chi connectivity index (χ2v) is 11.7. The van der Waals surface area contributed by atoms with Crippen molar-refractivity contribution in [2.24, 2.45) is 0 Å². The monoisotopic (exact) mass is 629 g/mol. The summed E-state index contributed by atoms with van der Waals surface area (Å²) in [5.41, 5.74) is 1.62. The van der Waals surface area contributed by atoms with Gasteiger partial charge in [0.05, 0.1) is 22.2 Å². The van der Waals surface area contributed by atoms with Crippen LogP contribution in [0.25, 0.3) is 33.4 Å². The Kier molecular flexibility index (Phi) is 6.81. The highest BCUT2D eigenvalue weighted by Gasteiger charge is 2.35. The lowest BCUT2D eigenvalue weighted by Gasteiger charge is -2.22. The van der Waals surface area contributed by atoms with E-state index in [2.05, 4.69) is 0 Å². The van der Waals surface area contributed by atoms with Gasteiger partial charge in [-0.2, -0.15) is 0 Å². The largest absolute Gasteiger partial charge is 0.744 e. The van der Waals surface area contributed by atoms with Gasteiger partial charge in [-0.3, -0.25) is 15.0 Å². The predicted octanol–water partition coefficient (Wildman–Crippen LogP) is 0.993. The summed E-state index contributed by atoms with van der Waals surface area (Å²) < 4.78 is 78.7. The van der Waals surface area contributed by atoms with Gasteiger partial charge in [0.1, 0.15) is 30.0 Å². The zero-order valence-corrected chi connectivity index (χ0v) is 22.8. The molecule has 2 aromatic carbocycles. The molecule has 0 saturated carbocycles. The summed E-state index contributed by atoms with van der Waals surface area (Å²) in [7, 11) is -11.0. The molecule has 0 bridgehead atoms. The van der Waals surface area contributed by atoms with E-state index in [1.54, 1.807) is 0 Å². The van der Waals surface area contributed by atoms with Gasteiger partial charge >= 0.3 is 11.9 Å². The highest BCUT2D eigenvalue weighted by molar-refractivity contribution is 7.86. The van der Waals surface area contributed by atoms with Crippen molar-refractivity contribution in [3.8, 4) is 22.5 Å². The molecular weight excluding hydrogens is 614 g/mol. The smallest absolute Gasteiger partial charge is 0.364 e. The number of amides is 2. The van der Waals surface area contributed by atoms with E-state index in [1.165, 1.54) is 0 Å². The molecule has 43 heavy (non-hydrogen) atoms. The van der Waals surface area contributed by atoms with Crippen LogP contribution in [0.3, 0.4) is 0 Å².